The molecule has 0 aromatic carbocycles. The van der Waals surface area contributed by atoms with Crippen LogP contribution in [0, 0.1) is 0 Å². The van der Waals surface area contributed by atoms with Gasteiger partial charge in [-0.25, -0.2) is 0 Å². The van der Waals surface area contributed by atoms with E-state index in [1.54, 1.807) is 0 Å². The Morgan fingerprint density at radius 1 is 1.00 bits per heavy atom. The molecule has 0 saturated carbocycles. The molecule has 0 bridgehead atoms. The van der Waals surface area contributed by atoms with Gasteiger partial charge in [0.15, 0.2) is 0 Å². The Kier molecular flexibility index (Phi) is 17.3. The third kappa shape index (κ3) is 19.6. The first-order valence-corrected chi connectivity index (χ1v) is 5.41. The van der Waals surface area contributed by atoms with Crippen molar-refractivity contribution in [2.75, 3.05) is 0 Å². The fourth-order valence-corrected chi connectivity index (χ4v) is 0. The average Bonchev–Trinajstić information content (AvgIpc) is 1.88. The van der Waals surface area contributed by atoms with E-state index in [0.29, 0.717) is 0 Å². The van der Waals surface area contributed by atoms with Crippen molar-refractivity contribution in [2.24, 2.45) is 0 Å². The zero-order valence-electron chi connectivity index (χ0n) is 7.28. The van der Waals surface area contributed by atoms with Crippen LogP contribution in [-0.2, 0) is 9.13 Å². The van der Waals surface area contributed by atoms with Gasteiger partial charge in [0.2, 0.25) is 11.7 Å². The minimum Gasteiger partial charge on any atom is -0.593 e. The molecule has 0 rings (SSSR count). The quantitative estimate of drug-likeness (QED) is 0.457. The molecule has 0 amide bonds. The largest absolute Gasteiger partial charge is 2.00 e. The summed E-state index contributed by atoms with van der Waals surface area (Å²) in [6, 6.07) is 0. The van der Waals surface area contributed by atoms with E-state index in [4.69, 9.17) is 10.2 Å². The normalized spacial score (nSPS) is 15.5. The maximum absolute atomic E-state index is 9.49. The number of aliphatic hydroxyl groups is 2. The summed E-state index contributed by atoms with van der Waals surface area (Å²) >= 11 is 0. The van der Waals surface area contributed by atoms with Crippen LogP contribution in [0.15, 0.2) is 0 Å². The van der Waals surface area contributed by atoms with Crippen molar-refractivity contribution in [3.8, 4) is 0 Å². The fraction of sp³-hybridized carbons (Fsp3) is 1.00. The summed E-state index contributed by atoms with van der Waals surface area (Å²) in [5, 5.41) is 16.1. The number of rotatable bonds is 2. The van der Waals surface area contributed by atoms with Crippen LogP contribution in [0.2, 0.25) is 0 Å². The Morgan fingerprint density at radius 3 is 1.08 bits per heavy atom. The second kappa shape index (κ2) is 11.4. The van der Waals surface area contributed by atoms with Gasteiger partial charge < -0.3 is 20.0 Å². The van der Waals surface area contributed by atoms with E-state index >= 15 is 0 Å². The molecular weight excluding hydrogens is 246 g/mol. The van der Waals surface area contributed by atoms with E-state index in [1.807, 2.05) is 0 Å². The topological polar surface area (TPSA) is 121 Å². The summed E-state index contributed by atoms with van der Waals surface area (Å²) in [4.78, 5) is 19.0. The molecule has 0 fully saturated rings. The summed E-state index contributed by atoms with van der Waals surface area (Å²) < 4.78 is 19.0. The van der Waals surface area contributed by atoms with Crippen LogP contribution >= 0.6 is 16.1 Å². The zero-order valence-corrected chi connectivity index (χ0v) is 11.3. The predicted molar refractivity (Wildman–Crippen MR) is 44.3 cm³/mol. The van der Waals surface area contributed by atoms with Crippen LogP contribution < -0.4 is 9.79 Å². The van der Waals surface area contributed by atoms with Crippen molar-refractivity contribution < 1.29 is 29.1 Å². The van der Waals surface area contributed by atoms with Crippen LogP contribution in [0.25, 0.3) is 0 Å². The Labute approximate surface area is 108 Å². The summed E-state index contributed by atoms with van der Waals surface area (Å²) in [7, 11) is -5.21. The van der Waals surface area contributed by atoms with E-state index in [2.05, 4.69) is 0 Å². The molecule has 0 radical (unpaired) electrons. The summed E-state index contributed by atoms with van der Waals surface area (Å²) in [5.41, 5.74) is 0. The van der Waals surface area contributed by atoms with Crippen molar-refractivity contribution in [3.63, 3.8) is 0 Å². The first-order valence-electron chi connectivity index (χ1n) is 2.92. The Balaban J connectivity index is -0.000000143. The molecule has 0 saturated heterocycles. The summed E-state index contributed by atoms with van der Waals surface area (Å²) in [5.74, 6) is -2.39. The molecule has 0 aliphatic heterocycles. The summed E-state index contributed by atoms with van der Waals surface area (Å²) in [6.07, 6.45) is 0. The maximum atomic E-state index is 9.49. The van der Waals surface area contributed by atoms with Gasteiger partial charge >= 0.3 is 53.8 Å². The second-order valence-corrected chi connectivity index (χ2v) is 4.47. The molecule has 0 spiro atoms. The summed E-state index contributed by atoms with van der Waals surface area (Å²) in [6.45, 7) is 2.40. The van der Waals surface area contributed by atoms with Crippen LogP contribution in [0.5, 0.6) is 0 Å². The van der Waals surface area contributed by atoms with Gasteiger partial charge in [-0.2, -0.15) is 0 Å². The van der Waals surface area contributed by atoms with Crippen molar-refractivity contribution in [1.29, 1.82) is 0 Å². The van der Waals surface area contributed by atoms with Crippen molar-refractivity contribution in [3.05, 3.63) is 0 Å². The average molecular weight is 256 g/mol. The van der Waals surface area contributed by atoms with Gasteiger partial charge in [0.05, 0.1) is 0 Å². The molecule has 6 nitrogen and oxygen atoms in total. The Morgan fingerprint density at radius 2 is 1.08 bits per heavy atom. The molecule has 0 aromatic rings. The standard InChI is InChI=1S/2C2H5O3P.Ca/c2*1-2(3)6(4)5;/h2*2-3H,1H3;/q;;+2. The van der Waals surface area contributed by atoms with Gasteiger partial charge in [0.1, 0.15) is 0 Å². The molecule has 13 heavy (non-hydrogen) atoms. The Bertz CT molecular complexity index is 143. The second-order valence-electron chi connectivity index (χ2n) is 1.83. The number of aliphatic hydroxyl groups excluding tert-OH is 2. The monoisotopic (exact) mass is 256 g/mol. The minimum absolute atomic E-state index is 0. The first kappa shape index (κ1) is 19.8. The van der Waals surface area contributed by atoms with Gasteiger partial charge in [-0.1, -0.05) is 9.13 Å². The minimum atomic E-state index is -2.60. The number of hydrogen-bond acceptors (Lipinski definition) is 6. The van der Waals surface area contributed by atoms with Crippen molar-refractivity contribution >= 4 is 53.8 Å². The molecular formula is C4H10CaO6P2+2. The molecule has 0 aliphatic rings. The molecule has 72 valence electrons. The van der Waals surface area contributed by atoms with Crippen LogP contribution in [0.1, 0.15) is 13.8 Å². The molecule has 2 N–H and O–H groups in total. The molecule has 0 aromatic heterocycles. The van der Waals surface area contributed by atoms with Crippen LogP contribution in [0.4, 0.5) is 0 Å². The zero-order chi connectivity index (χ0) is 10.3. The third-order valence-corrected chi connectivity index (χ3v) is 1.83. The molecule has 0 heterocycles. The van der Waals surface area contributed by atoms with E-state index in [1.165, 1.54) is 13.8 Å². The predicted octanol–water partition coefficient (Wildman–Crippen LogP) is -1.53. The SMILES string of the molecule is CC(O)[P+](=O)[O-].CC(O)[P+](=O)[O-].[Ca+2]. The van der Waals surface area contributed by atoms with Crippen molar-refractivity contribution in [2.45, 2.75) is 25.5 Å². The van der Waals surface area contributed by atoms with E-state index in [-0.39, 0.29) is 37.7 Å². The van der Waals surface area contributed by atoms with Gasteiger partial charge in [0.25, 0.3) is 0 Å². The van der Waals surface area contributed by atoms with Gasteiger partial charge in [-0.15, -0.1) is 0 Å². The Hall–Kier alpha value is 1.30. The molecule has 9 heteroatoms. The van der Waals surface area contributed by atoms with Gasteiger partial charge in [0, 0.05) is 13.8 Å². The molecule has 4 unspecified atom stereocenters. The molecule has 0 aliphatic carbocycles. The van der Waals surface area contributed by atoms with E-state index < -0.39 is 27.7 Å². The van der Waals surface area contributed by atoms with Crippen molar-refractivity contribution in [1.82, 2.24) is 0 Å². The van der Waals surface area contributed by atoms with Crippen LogP contribution in [-0.4, -0.2) is 59.6 Å². The third-order valence-electron chi connectivity index (χ3n) is 0.610. The maximum Gasteiger partial charge on any atom is 2.00 e. The van der Waals surface area contributed by atoms with E-state index in [0.717, 1.165) is 0 Å². The number of hydrogen-bond donors (Lipinski definition) is 2. The van der Waals surface area contributed by atoms with E-state index in [9.17, 15) is 18.9 Å². The van der Waals surface area contributed by atoms with Gasteiger partial charge in [-0.3, -0.25) is 0 Å². The first-order chi connectivity index (χ1) is 5.29. The fourth-order valence-electron chi connectivity index (χ4n) is 0. The smallest absolute Gasteiger partial charge is 0.593 e. The van der Waals surface area contributed by atoms with Gasteiger partial charge in [-0.05, 0) is 0 Å². The van der Waals surface area contributed by atoms with Crippen LogP contribution in [0.3, 0.4) is 0 Å². The molecule has 4 atom stereocenters.